The predicted octanol–water partition coefficient (Wildman–Crippen LogP) is 4.37. The number of halogens is 1. The van der Waals surface area contributed by atoms with E-state index in [-0.39, 0.29) is 22.4 Å². The van der Waals surface area contributed by atoms with Gasteiger partial charge >= 0.3 is 5.97 Å². The van der Waals surface area contributed by atoms with Gasteiger partial charge in [0, 0.05) is 23.7 Å². The summed E-state index contributed by atoms with van der Waals surface area (Å²) in [5.41, 5.74) is 8.57. The van der Waals surface area contributed by atoms with E-state index in [2.05, 4.69) is 5.32 Å². The molecule has 0 aliphatic heterocycles. The van der Waals surface area contributed by atoms with Crippen LogP contribution in [-0.2, 0) is 25.8 Å². The first-order chi connectivity index (χ1) is 17.6. The van der Waals surface area contributed by atoms with Crippen molar-refractivity contribution in [3.63, 3.8) is 0 Å². The number of hydrogen-bond donors (Lipinski definition) is 3. The zero-order chi connectivity index (χ0) is 27.0. The summed E-state index contributed by atoms with van der Waals surface area (Å²) in [6.07, 6.45) is 0.635. The summed E-state index contributed by atoms with van der Waals surface area (Å²) in [6, 6.07) is 17.7. The van der Waals surface area contributed by atoms with Crippen LogP contribution in [0.4, 0.5) is 5.69 Å². The Balaban J connectivity index is 1.73. The summed E-state index contributed by atoms with van der Waals surface area (Å²) >= 11 is 6.10. The highest BCUT2D eigenvalue weighted by atomic mass is 35.5. The van der Waals surface area contributed by atoms with Crippen LogP contribution in [0.5, 0.6) is 5.75 Å². The fraction of sp³-hybridized carbons (Fsp3) is 0.259. The van der Waals surface area contributed by atoms with Crippen LogP contribution in [0.2, 0.25) is 5.02 Å². The van der Waals surface area contributed by atoms with Crippen LogP contribution < -0.4 is 15.8 Å². The maximum absolute atomic E-state index is 13.1. The molecule has 0 fully saturated rings. The molecule has 1 unspecified atom stereocenters. The predicted molar refractivity (Wildman–Crippen MR) is 145 cm³/mol. The Morgan fingerprint density at radius 2 is 1.81 bits per heavy atom. The van der Waals surface area contributed by atoms with Crippen molar-refractivity contribution >= 4 is 38.9 Å². The molecule has 4 N–H and O–H groups in total. The van der Waals surface area contributed by atoms with Crippen molar-refractivity contribution in [1.29, 1.82) is 5.41 Å². The lowest BCUT2D eigenvalue weighted by Crippen LogP contribution is -2.38. The Labute approximate surface area is 222 Å². The Kier molecular flexibility index (Phi) is 9.54. The normalized spacial score (nSPS) is 12.0. The van der Waals surface area contributed by atoms with Gasteiger partial charge in [-0.1, -0.05) is 48.0 Å². The van der Waals surface area contributed by atoms with E-state index in [1.54, 1.807) is 43.3 Å². The van der Waals surface area contributed by atoms with Crippen LogP contribution in [-0.4, -0.2) is 45.2 Å². The molecule has 0 saturated heterocycles. The zero-order valence-corrected chi connectivity index (χ0v) is 22.2. The molecule has 0 saturated carbocycles. The minimum Gasteiger partial charge on any atom is -0.493 e. The Bertz CT molecular complexity index is 1360. The lowest BCUT2D eigenvalue weighted by atomic mass is 10.1. The molecular formula is C27H30ClN3O5S. The van der Waals surface area contributed by atoms with Gasteiger partial charge in [0.25, 0.3) is 0 Å². The third-order valence-corrected chi connectivity index (χ3v) is 7.69. The average molecular weight is 544 g/mol. The molecule has 10 heteroatoms. The number of nitrogens with two attached hydrogens (primary N) is 1. The van der Waals surface area contributed by atoms with E-state index in [1.807, 2.05) is 25.1 Å². The summed E-state index contributed by atoms with van der Waals surface area (Å²) < 4.78 is 37.2. The van der Waals surface area contributed by atoms with Crippen molar-refractivity contribution < 1.29 is 22.7 Å². The molecule has 0 amide bonds. The molecule has 0 spiro atoms. The number of benzene rings is 3. The topological polar surface area (TPSA) is 132 Å². The first-order valence-corrected chi connectivity index (χ1v) is 13.7. The number of nitrogen functional groups attached to an aromatic ring is 1. The minimum absolute atomic E-state index is 0.0170. The maximum atomic E-state index is 13.1. The quantitative estimate of drug-likeness (QED) is 0.175. The number of carbonyl (C=O) groups excluding carboxylic acids is 1. The van der Waals surface area contributed by atoms with Crippen molar-refractivity contribution in [3.05, 3.63) is 88.4 Å². The molecule has 0 aliphatic carbocycles. The Morgan fingerprint density at radius 1 is 1.11 bits per heavy atom. The van der Waals surface area contributed by atoms with Crippen LogP contribution in [0.15, 0.2) is 71.6 Å². The lowest BCUT2D eigenvalue weighted by molar-refractivity contribution is -0.143. The highest BCUT2D eigenvalue weighted by Crippen LogP contribution is 2.25. The average Bonchev–Trinajstić information content (AvgIpc) is 2.84. The molecular weight excluding hydrogens is 514 g/mol. The summed E-state index contributed by atoms with van der Waals surface area (Å²) in [5, 5.41) is 10.6. The van der Waals surface area contributed by atoms with Gasteiger partial charge in [0.2, 0.25) is 0 Å². The molecule has 8 nitrogen and oxygen atoms in total. The van der Waals surface area contributed by atoms with Crippen molar-refractivity contribution in [2.45, 2.75) is 31.2 Å². The number of ether oxygens (including phenoxy) is 2. The summed E-state index contributed by atoms with van der Waals surface area (Å²) in [5.74, 6) is -0.630. The van der Waals surface area contributed by atoms with Gasteiger partial charge in [-0.15, -0.1) is 0 Å². The Hall–Kier alpha value is -3.56. The lowest BCUT2D eigenvalue weighted by Gasteiger charge is -2.20. The van der Waals surface area contributed by atoms with Gasteiger partial charge in [-0.3, -0.25) is 5.41 Å². The monoisotopic (exact) mass is 543 g/mol. The van der Waals surface area contributed by atoms with Crippen LogP contribution >= 0.6 is 11.6 Å². The van der Waals surface area contributed by atoms with E-state index in [0.717, 1.165) is 11.1 Å². The summed E-state index contributed by atoms with van der Waals surface area (Å²) in [6.45, 7) is 4.03. The van der Waals surface area contributed by atoms with Crippen molar-refractivity contribution in [2.24, 2.45) is 5.73 Å². The molecule has 3 rings (SSSR count). The highest BCUT2D eigenvalue weighted by molar-refractivity contribution is 7.91. The third kappa shape index (κ3) is 7.96. The van der Waals surface area contributed by atoms with Gasteiger partial charge in [0.1, 0.15) is 17.6 Å². The van der Waals surface area contributed by atoms with Gasteiger partial charge in [0.05, 0.1) is 28.9 Å². The fourth-order valence-electron chi connectivity index (χ4n) is 3.67. The minimum atomic E-state index is -3.89. The second-order valence-electron chi connectivity index (χ2n) is 8.40. The molecule has 0 aromatic heterocycles. The number of rotatable bonds is 12. The number of aryl methyl sites for hydroxylation is 1. The SMILES string of the molecule is CCOC(=O)C(CS(=O)(=O)c1ccccc1Cl)Nc1cc(C)cc(OCCc2ccc(C(=N)N)cc2)c1. The number of amidine groups is 1. The largest absolute Gasteiger partial charge is 0.493 e. The van der Waals surface area contributed by atoms with E-state index in [9.17, 15) is 13.2 Å². The van der Waals surface area contributed by atoms with Gasteiger partial charge in [-0.2, -0.15) is 0 Å². The second-order valence-corrected chi connectivity index (χ2v) is 10.8. The third-order valence-electron chi connectivity index (χ3n) is 5.45. The van der Waals surface area contributed by atoms with Gasteiger partial charge in [-0.05, 0) is 49.2 Å². The number of anilines is 1. The summed E-state index contributed by atoms with van der Waals surface area (Å²) in [4.78, 5) is 12.6. The van der Waals surface area contributed by atoms with E-state index in [4.69, 9.17) is 32.2 Å². The van der Waals surface area contributed by atoms with Crippen molar-refractivity contribution in [3.8, 4) is 5.75 Å². The molecule has 1 atom stereocenters. The van der Waals surface area contributed by atoms with Gasteiger partial charge in [-0.25, -0.2) is 13.2 Å². The second kappa shape index (κ2) is 12.6. The van der Waals surface area contributed by atoms with Crippen LogP contribution in [0.25, 0.3) is 0 Å². The Morgan fingerprint density at radius 3 is 2.46 bits per heavy atom. The highest BCUT2D eigenvalue weighted by Gasteiger charge is 2.29. The molecule has 0 radical (unpaired) electrons. The molecule has 196 valence electrons. The first-order valence-electron chi connectivity index (χ1n) is 11.7. The van der Waals surface area contributed by atoms with Crippen LogP contribution in [0, 0.1) is 12.3 Å². The van der Waals surface area contributed by atoms with E-state index < -0.39 is 27.6 Å². The summed E-state index contributed by atoms with van der Waals surface area (Å²) in [7, 11) is -3.89. The van der Waals surface area contributed by atoms with E-state index in [1.165, 1.54) is 12.1 Å². The number of carbonyl (C=O) groups is 1. The fourth-order valence-corrected chi connectivity index (χ4v) is 5.65. The number of esters is 1. The van der Waals surface area contributed by atoms with E-state index >= 15 is 0 Å². The smallest absolute Gasteiger partial charge is 0.329 e. The van der Waals surface area contributed by atoms with Crippen LogP contribution in [0.1, 0.15) is 23.6 Å². The van der Waals surface area contributed by atoms with E-state index in [0.29, 0.717) is 30.0 Å². The number of hydrogen-bond acceptors (Lipinski definition) is 7. The number of sulfone groups is 1. The van der Waals surface area contributed by atoms with Gasteiger partial charge < -0.3 is 20.5 Å². The molecule has 3 aromatic rings. The zero-order valence-electron chi connectivity index (χ0n) is 20.7. The molecule has 0 bridgehead atoms. The van der Waals surface area contributed by atoms with Crippen LogP contribution in [0.3, 0.4) is 0 Å². The molecule has 0 aliphatic rings. The molecule has 0 heterocycles. The number of nitrogens with one attached hydrogen (secondary N) is 2. The standard InChI is InChI=1S/C27H30ClN3O5S/c1-3-35-27(32)24(17-37(33,34)25-7-5-4-6-23(25)28)31-21-14-18(2)15-22(16-21)36-13-12-19-8-10-20(11-9-19)26(29)30/h4-11,14-16,24,31H,3,12-13,17H2,1-2H3,(H3,29,30). The van der Waals surface area contributed by atoms with Crippen molar-refractivity contribution in [2.75, 3.05) is 24.3 Å². The maximum Gasteiger partial charge on any atom is 0.329 e. The van der Waals surface area contributed by atoms with Crippen molar-refractivity contribution in [1.82, 2.24) is 0 Å². The first kappa shape index (κ1) is 28.0. The molecule has 3 aromatic carbocycles. The molecule has 37 heavy (non-hydrogen) atoms. The van der Waals surface area contributed by atoms with Gasteiger partial charge in [0.15, 0.2) is 9.84 Å².